The summed E-state index contributed by atoms with van der Waals surface area (Å²) in [4.78, 5) is 21.7. The molecule has 1 rings (SSSR count). The molecular formula is C11H19NO2. The fourth-order valence-electron chi connectivity index (χ4n) is 2.00. The third-order valence-electron chi connectivity index (χ3n) is 2.79. The minimum Gasteiger partial charge on any atom is -0.347 e. The Bertz CT molecular complexity index is 197. The van der Waals surface area contributed by atoms with E-state index in [4.69, 9.17) is 0 Å². The Kier molecular flexibility index (Phi) is 4.63. The van der Waals surface area contributed by atoms with Gasteiger partial charge in [-0.15, -0.1) is 0 Å². The van der Waals surface area contributed by atoms with Gasteiger partial charge in [0.2, 0.25) is 5.91 Å². The van der Waals surface area contributed by atoms with Gasteiger partial charge in [0.15, 0.2) is 0 Å². The first-order valence-electron chi connectivity index (χ1n) is 5.47. The average Bonchev–Trinajstić information content (AvgIpc) is 2.19. The Hall–Kier alpha value is -0.860. The molecule has 1 fully saturated rings. The van der Waals surface area contributed by atoms with Crippen LogP contribution in [0.5, 0.6) is 0 Å². The molecule has 1 aliphatic carbocycles. The quantitative estimate of drug-likeness (QED) is 0.697. The lowest BCUT2D eigenvalue weighted by molar-refractivity contribution is -0.124. The van der Waals surface area contributed by atoms with Crippen LogP contribution in [0.1, 0.15) is 45.4 Å². The van der Waals surface area contributed by atoms with Crippen molar-refractivity contribution < 1.29 is 9.59 Å². The maximum atomic E-state index is 11.4. The second kappa shape index (κ2) is 5.78. The third kappa shape index (κ3) is 3.90. The van der Waals surface area contributed by atoms with Gasteiger partial charge in [-0.3, -0.25) is 4.79 Å². The smallest absolute Gasteiger partial charge is 0.220 e. The number of hydrogen-bond donors (Lipinski definition) is 1. The highest BCUT2D eigenvalue weighted by Gasteiger charge is 2.17. The van der Waals surface area contributed by atoms with Crippen molar-refractivity contribution in [3.63, 3.8) is 0 Å². The van der Waals surface area contributed by atoms with Gasteiger partial charge >= 0.3 is 0 Å². The van der Waals surface area contributed by atoms with E-state index in [1.807, 2.05) is 0 Å². The van der Waals surface area contributed by atoms with Crippen LogP contribution in [0.4, 0.5) is 0 Å². The molecule has 14 heavy (non-hydrogen) atoms. The minimum absolute atomic E-state index is 0.0245. The van der Waals surface area contributed by atoms with Crippen LogP contribution in [0.2, 0.25) is 0 Å². The summed E-state index contributed by atoms with van der Waals surface area (Å²) in [6, 6.07) is -0.342. The van der Waals surface area contributed by atoms with Crippen molar-refractivity contribution in [2.24, 2.45) is 5.92 Å². The number of carbonyl (C=O) groups is 2. The summed E-state index contributed by atoms with van der Waals surface area (Å²) in [7, 11) is 0. The van der Waals surface area contributed by atoms with E-state index in [0.29, 0.717) is 12.3 Å². The number of aldehydes is 1. The summed E-state index contributed by atoms with van der Waals surface area (Å²) in [6.07, 6.45) is 7.51. The molecule has 0 aromatic rings. The molecule has 1 unspecified atom stereocenters. The van der Waals surface area contributed by atoms with Gasteiger partial charge in [-0.25, -0.2) is 0 Å². The molecule has 0 aromatic carbocycles. The minimum atomic E-state index is -0.342. The number of carbonyl (C=O) groups excluding carboxylic acids is 2. The first kappa shape index (κ1) is 11.2. The molecule has 0 heterocycles. The molecule has 80 valence electrons. The van der Waals surface area contributed by atoms with Crippen molar-refractivity contribution in [2.45, 2.75) is 51.5 Å². The summed E-state index contributed by atoms with van der Waals surface area (Å²) in [6.45, 7) is 1.70. The second-order valence-corrected chi connectivity index (χ2v) is 4.20. The number of rotatable bonds is 4. The van der Waals surface area contributed by atoms with Crippen molar-refractivity contribution in [3.05, 3.63) is 0 Å². The first-order chi connectivity index (χ1) is 6.72. The molecule has 1 aliphatic rings. The van der Waals surface area contributed by atoms with Gasteiger partial charge in [-0.2, -0.15) is 0 Å². The van der Waals surface area contributed by atoms with Gasteiger partial charge in [0.1, 0.15) is 6.29 Å². The highest BCUT2D eigenvalue weighted by Crippen LogP contribution is 2.25. The lowest BCUT2D eigenvalue weighted by Crippen LogP contribution is -2.34. The van der Waals surface area contributed by atoms with Crippen molar-refractivity contribution in [1.82, 2.24) is 5.32 Å². The van der Waals surface area contributed by atoms with Crippen LogP contribution in [0.15, 0.2) is 0 Å². The third-order valence-corrected chi connectivity index (χ3v) is 2.79. The zero-order valence-corrected chi connectivity index (χ0v) is 8.79. The largest absolute Gasteiger partial charge is 0.347 e. The van der Waals surface area contributed by atoms with E-state index in [9.17, 15) is 9.59 Å². The Labute approximate surface area is 85.3 Å². The van der Waals surface area contributed by atoms with Crippen molar-refractivity contribution in [3.8, 4) is 0 Å². The van der Waals surface area contributed by atoms with Crippen LogP contribution in [0.25, 0.3) is 0 Å². The molecule has 0 aliphatic heterocycles. The summed E-state index contributed by atoms with van der Waals surface area (Å²) >= 11 is 0. The lowest BCUT2D eigenvalue weighted by Gasteiger charge is -2.21. The Morgan fingerprint density at radius 3 is 2.64 bits per heavy atom. The molecule has 0 bridgehead atoms. The predicted molar refractivity (Wildman–Crippen MR) is 54.9 cm³/mol. The summed E-state index contributed by atoms with van der Waals surface area (Å²) in [5.41, 5.74) is 0. The van der Waals surface area contributed by atoms with Gasteiger partial charge in [-0.05, 0) is 25.7 Å². The SMILES string of the molecule is CC(C=O)NC(=O)CC1CCCCC1. The molecule has 1 saturated carbocycles. The highest BCUT2D eigenvalue weighted by atomic mass is 16.2. The molecule has 0 saturated heterocycles. The van der Waals surface area contributed by atoms with Crippen LogP contribution in [-0.2, 0) is 9.59 Å². The number of amides is 1. The average molecular weight is 197 g/mol. The van der Waals surface area contributed by atoms with E-state index in [1.165, 1.54) is 32.1 Å². The number of hydrogen-bond acceptors (Lipinski definition) is 2. The van der Waals surface area contributed by atoms with E-state index in [2.05, 4.69) is 5.32 Å². The molecule has 0 spiro atoms. The molecule has 0 radical (unpaired) electrons. The molecule has 3 heteroatoms. The van der Waals surface area contributed by atoms with Crippen LogP contribution >= 0.6 is 0 Å². The van der Waals surface area contributed by atoms with Gasteiger partial charge in [0.25, 0.3) is 0 Å². The van der Waals surface area contributed by atoms with Gasteiger partial charge in [0, 0.05) is 6.42 Å². The Balaban J connectivity index is 2.21. The molecule has 1 N–H and O–H groups in total. The molecule has 3 nitrogen and oxygen atoms in total. The van der Waals surface area contributed by atoms with E-state index in [0.717, 1.165) is 6.29 Å². The zero-order valence-electron chi connectivity index (χ0n) is 8.79. The standard InChI is InChI=1S/C11H19NO2/c1-9(8-13)12-11(14)7-10-5-3-2-4-6-10/h8-10H,2-7H2,1H3,(H,12,14). The van der Waals surface area contributed by atoms with E-state index in [1.54, 1.807) is 6.92 Å². The summed E-state index contributed by atoms with van der Waals surface area (Å²) in [5, 5.41) is 2.67. The molecule has 1 atom stereocenters. The predicted octanol–water partition coefficient (Wildman–Crippen LogP) is 1.66. The molecule has 1 amide bonds. The molecule has 0 aromatic heterocycles. The van der Waals surface area contributed by atoms with Crippen LogP contribution in [0.3, 0.4) is 0 Å². The van der Waals surface area contributed by atoms with Gasteiger partial charge in [0.05, 0.1) is 6.04 Å². The fourth-order valence-corrected chi connectivity index (χ4v) is 2.00. The molecular weight excluding hydrogens is 178 g/mol. The first-order valence-corrected chi connectivity index (χ1v) is 5.47. The van der Waals surface area contributed by atoms with Crippen LogP contribution < -0.4 is 5.32 Å². The number of nitrogens with one attached hydrogen (secondary N) is 1. The van der Waals surface area contributed by atoms with Crippen LogP contribution in [0, 0.1) is 5.92 Å². The van der Waals surface area contributed by atoms with E-state index < -0.39 is 0 Å². The Morgan fingerprint density at radius 2 is 2.07 bits per heavy atom. The van der Waals surface area contributed by atoms with Crippen molar-refractivity contribution >= 4 is 12.2 Å². The van der Waals surface area contributed by atoms with Crippen LogP contribution in [-0.4, -0.2) is 18.2 Å². The highest BCUT2D eigenvalue weighted by molar-refractivity contribution is 5.79. The summed E-state index contributed by atoms with van der Waals surface area (Å²) in [5.74, 6) is 0.569. The normalized spacial score (nSPS) is 20.1. The van der Waals surface area contributed by atoms with E-state index in [-0.39, 0.29) is 11.9 Å². The van der Waals surface area contributed by atoms with Gasteiger partial charge in [-0.1, -0.05) is 19.3 Å². The van der Waals surface area contributed by atoms with Crippen molar-refractivity contribution in [1.29, 1.82) is 0 Å². The summed E-state index contributed by atoms with van der Waals surface area (Å²) < 4.78 is 0. The monoisotopic (exact) mass is 197 g/mol. The zero-order chi connectivity index (χ0) is 10.4. The Morgan fingerprint density at radius 1 is 1.43 bits per heavy atom. The maximum Gasteiger partial charge on any atom is 0.220 e. The lowest BCUT2D eigenvalue weighted by atomic mass is 9.87. The van der Waals surface area contributed by atoms with Gasteiger partial charge < -0.3 is 10.1 Å². The maximum absolute atomic E-state index is 11.4. The van der Waals surface area contributed by atoms with Crippen molar-refractivity contribution in [2.75, 3.05) is 0 Å². The second-order valence-electron chi connectivity index (χ2n) is 4.20. The van der Waals surface area contributed by atoms with E-state index >= 15 is 0 Å². The topological polar surface area (TPSA) is 46.2 Å². The fraction of sp³-hybridized carbons (Fsp3) is 0.818.